The fraction of sp³-hybridized carbons (Fsp3) is 0.233. The van der Waals surface area contributed by atoms with Crippen LogP contribution in [0, 0.1) is 0 Å². The summed E-state index contributed by atoms with van der Waals surface area (Å²) in [6, 6.07) is 18.5. The number of methoxy groups -OCH3 is 2. The molecule has 1 amide bonds. The number of aliphatic carboxylic acids is 1. The van der Waals surface area contributed by atoms with Gasteiger partial charge in [-0.25, -0.2) is 0 Å². The number of carbonyl (C=O) groups is 2. The van der Waals surface area contributed by atoms with Crippen LogP contribution < -0.4 is 14.8 Å². The van der Waals surface area contributed by atoms with Crippen molar-refractivity contribution in [2.45, 2.75) is 25.3 Å². The van der Waals surface area contributed by atoms with Crippen LogP contribution in [0.15, 0.2) is 60.7 Å². The summed E-state index contributed by atoms with van der Waals surface area (Å²) in [7, 11) is 3.22. The predicted octanol–water partition coefficient (Wildman–Crippen LogP) is 6.28. The zero-order valence-corrected chi connectivity index (χ0v) is 23.4. The summed E-state index contributed by atoms with van der Waals surface area (Å²) in [5.74, 6) is 0.0516. The first-order chi connectivity index (χ1) is 19.2. The molecule has 0 bridgehead atoms. The first-order valence-corrected chi connectivity index (χ1v) is 13.4. The van der Waals surface area contributed by atoms with E-state index in [1.54, 1.807) is 26.4 Å². The minimum Gasteiger partial charge on any atom is -0.497 e. The van der Waals surface area contributed by atoms with Crippen LogP contribution >= 0.6 is 23.2 Å². The summed E-state index contributed by atoms with van der Waals surface area (Å²) in [4.78, 5) is 23.4. The van der Waals surface area contributed by atoms with Gasteiger partial charge in [0.25, 0.3) is 5.91 Å². The van der Waals surface area contributed by atoms with Gasteiger partial charge in [0.1, 0.15) is 11.5 Å². The molecule has 1 unspecified atom stereocenters. The average Bonchev–Trinajstić information content (AvgIpc) is 3.56. The van der Waals surface area contributed by atoms with Gasteiger partial charge >= 0.3 is 5.97 Å². The maximum Gasteiger partial charge on any atom is 0.305 e. The monoisotopic (exact) mass is 579 g/mol. The minimum absolute atomic E-state index is 0.0742. The molecule has 0 radical (unpaired) electrons. The fourth-order valence-corrected chi connectivity index (χ4v) is 5.55. The minimum atomic E-state index is -0.958. The number of aromatic nitrogens is 2. The molecular formula is C30H27Cl2N3O5. The Kier molecular flexibility index (Phi) is 8.00. The van der Waals surface area contributed by atoms with Crippen LogP contribution in [0.4, 0.5) is 0 Å². The summed E-state index contributed by atoms with van der Waals surface area (Å²) in [6.07, 6.45) is 1.41. The van der Waals surface area contributed by atoms with E-state index in [1.165, 1.54) is 0 Å². The molecule has 1 aliphatic rings. The molecule has 40 heavy (non-hydrogen) atoms. The molecule has 1 aromatic heterocycles. The number of hydrogen-bond acceptors (Lipinski definition) is 5. The number of aryl methyl sites for hydroxylation is 1. The lowest BCUT2D eigenvalue weighted by Crippen LogP contribution is -2.26. The molecule has 0 saturated heterocycles. The average molecular weight is 580 g/mol. The summed E-state index contributed by atoms with van der Waals surface area (Å²) >= 11 is 12.6. The lowest BCUT2D eigenvalue weighted by atomic mass is 10.0. The van der Waals surface area contributed by atoms with E-state index < -0.39 is 5.97 Å². The van der Waals surface area contributed by atoms with Crippen LogP contribution in [0.5, 0.6) is 11.5 Å². The Labute approximate surface area is 241 Å². The molecule has 206 valence electrons. The van der Waals surface area contributed by atoms with Crippen molar-refractivity contribution in [1.29, 1.82) is 0 Å². The molecule has 5 rings (SSSR count). The van der Waals surface area contributed by atoms with Crippen LogP contribution in [-0.2, 0) is 11.2 Å². The molecule has 1 aliphatic carbocycles. The third kappa shape index (κ3) is 5.78. The Morgan fingerprint density at radius 1 is 0.975 bits per heavy atom. The number of carbonyl (C=O) groups excluding carboxylic acids is 1. The van der Waals surface area contributed by atoms with Crippen molar-refractivity contribution < 1.29 is 24.2 Å². The first kappa shape index (κ1) is 27.6. The molecule has 0 saturated carbocycles. The number of hydrogen-bond donors (Lipinski definition) is 2. The largest absolute Gasteiger partial charge is 0.497 e. The summed E-state index contributed by atoms with van der Waals surface area (Å²) < 4.78 is 13.0. The highest BCUT2D eigenvalue weighted by atomic mass is 35.5. The van der Waals surface area contributed by atoms with Gasteiger partial charge in [-0.15, -0.1) is 0 Å². The molecule has 10 heteroatoms. The van der Waals surface area contributed by atoms with Crippen LogP contribution in [0.2, 0.25) is 10.0 Å². The van der Waals surface area contributed by atoms with Crippen molar-refractivity contribution in [2.75, 3.05) is 20.8 Å². The SMILES string of the molecule is COc1cc(OC)cc(-c2cc(-c3cc(Cl)cc(Cl)c3)nn2C2CCc3cc(C(=O)NCCC(=O)O)ccc32)c1. The molecule has 3 aromatic carbocycles. The van der Waals surface area contributed by atoms with Crippen molar-refractivity contribution in [2.24, 2.45) is 0 Å². The molecular weight excluding hydrogens is 553 g/mol. The molecule has 0 aliphatic heterocycles. The maximum atomic E-state index is 12.6. The summed E-state index contributed by atoms with van der Waals surface area (Å²) in [6.45, 7) is 0.0742. The lowest BCUT2D eigenvalue weighted by molar-refractivity contribution is -0.136. The van der Waals surface area contributed by atoms with Gasteiger partial charge in [0.2, 0.25) is 0 Å². The molecule has 1 atom stereocenters. The highest BCUT2D eigenvalue weighted by molar-refractivity contribution is 6.35. The van der Waals surface area contributed by atoms with E-state index in [4.69, 9.17) is 42.9 Å². The lowest BCUT2D eigenvalue weighted by Gasteiger charge is -2.17. The normalized spacial score (nSPS) is 14.1. The smallest absolute Gasteiger partial charge is 0.305 e. The van der Waals surface area contributed by atoms with Gasteiger partial charge in [-0.3, -0.25) is 14.3 Å². The van der Waals surface area contributed by atoms with Crippen molar-refractivity contribution in [1.82, 2.24) is 15.1 Å². The van der Waals surface area contributed by atoms with Gasteiger partial charge in [0, 0.05) is 39.3 Å². The Balaban J connectivity index is 1.56. The molecule has 4 aromatic rings. The topological polar surface area (TPSA) is 103 Å². The van der Waals surface area contributed by atoms with Gasteiger partial charge in [0.15, 0.2) is 0 Å². The van der Waals surface area contributed by atoms with Gasteiger partial charge in [-0.1, -0.05) is 29.3 Å². The third-order valence-electron chi connectivity index (χ3n) is 6.91. The van der Waals surface area contributed by atoms with Crippen molar-refractivity contribution in [3.8, 4) is 34.0 Å². The van der Waals surface area contributed by atoms with Gasteiger partial charge < -0.3 is 19.9 Å². The number of halogens is 2. The first-order valence-electron chi connectivity index (χ1n) is 12.7. The van der Waals surface area contributed by atoms with E-state index in [0.29, 0.717) is 32.8 Å². The number of fused-ring (bicyclic) bond motifs is 1. The van der Waals surface area contributed by atoms with Gasteiger partial charge in [-0.2, -0.15) is 5.10 Å². The highest BCUT2D eigenvalue weighted by Crippen LogP contribution is 2.40. The summed E-state index contributed by atoms with van der Waals surface area (Å²) in [5, 5.41) is 17.6. The van der Waals surface area contributed by atoms with Crippen molar-refractivity contribution >= 4 is 35.1 Å². The number of carboxylic acids is 1. The van der Waals surface area contributed by atoms with Crippen LogP contribution in [0.25, 0.3) is 22.5 Å². The fourth-order valence-electron chi connectivity index (χ4n) is 5.02. The van der Waals surface area contributed by atoms with Gasteiger partial charge in [0.05, 0.1) is 38.1 Å². The maximum absolute atomic E-state index is 12.6. The standard InChI is InChI=1S/C30H27Cl2N3O5/c1-39-23-12-20(13-24(15-23)40-2)28-16-26(19-10-21(31)14-22(32)11-19)34-35(28)27-6-4-17-9-18(3-5-25(17)27)30(38)33-8-7-29(36)37/h3,5,9-16,27H,4,6-8H2,1-2H3,(H,33,38)(H,36,37). The Morgan fingerprint density at radius 2 is 1.68 bits per heavy atom. The molecule has 2 N–H and O–H groups in total. The Morgan fingerprint density at radius 3 is 2.33 bits per heavy atom. The van der Waals surface area contributed by atoms with Crippen LogP contribution in [0.1, 0.15) is 40.4 Å². The second-order valence-electron chi connectivity index (χ2n) is 9.49. The Hall–Kier alpha value is -4.01. The molecule has 1 heterocycles. The van der Waals surface area contributed by atoms with E-state index >= 15 is 0 Å². The van der Waals surface area contributed by atoms with E-state index in [1.807, 2.05) is 53.2 Å². The van der Waals surface area contributed by atoms with E-state index in [-0.39, 0.29) is 24.9 Å². The number of rotatable bonds is 9. The number of carboxylic acid groups (broad SMARTS) is 1. The van der Waals surface area contributed by atoms with Crippen molar-refractivity contribution in [3.05, 3.63) is 87.4 Å². The number of nitrogens with one attached hydrogen (secondary N) is 1. The number of benzene rings is 3. The molecule has 0 spiro atoms. The van der Waals surface area contributed by atoms with Gasteiger partial charge in [-0.05, 0) is 72.5 Å². The molecule has 8 nitrogen and oxygen atoms in total. The van der Waals surface area contributed by atoms with Crippen LogP contribution in [-0.4, -0.2) is 47.5 Å². The quantitative estimate of drug-likeness (QED) is 0.242. The Bertz CT molecular complexity index is 1560. The molecule has 0 fully saturated rings. The van der Waals surface area contributed by atoms with Crippen LogP contribution in [0.3, 0.4) is 0 Å². The van der Waals surface area contributed by atoms with E-state index in [2.05, 4.69) is 5.32 Å². The zero-order valence-electron chi connectivity index (χ0n) is 21.9. The van der Waals surface area contributed by atoms with Crippen molar-refractivity contribution in [3.63, 3.8) is 0 Å². The number of nitrogens with zero attached hydrogens (tertiary/aromatic N) is 2. The third-order valence-corrected chi connectivity index (χ3v) is 7.35. The van der Waals surface area contributed by atoms with E-state index in [0.717, 1.165) is 40.8 Å². The predicted molar refractivity (Wildman–Crippen MR) is 154 cm³/mol. The number of amides is 1. The number of ether oxygens (including phenoxy) is 2. The second-order valence-corrected chi connectivity index (χ2v) is 10.4. The second kappa shape index (κ2) is 11.6. The summed E-state index contributed by atoms with van der Waals surface area (Å²) in [5.41, 5.74) is 5.84. The highest BCUT2D eigenvalue weighted by Gasteiger charge is 2.29. The zero-order chi connectivity index (χ0) is 28.4. The van der Waals surface area contributed by atoms with E-state index in [9.17, 15) is 9.59 Å².